The van der Waals surface area contributed by atoms with E-state index in [4.69, 9.17) is 11.6 Å². The molecule has 0 aromatic heterocycles. The SMILES string of the molecule is [O]c1ccc(CCNS(=O)(=O)c2ccc(Cl)cc2)cc1F. The Kier molecular flexibility index (Phi) is 4.82. The van der Waals surface area contributed by atoms with Crippen LogP contribution in [0.25, 0.3) is 0 Å². The molecule has 0 saturated heterocycles. The van der Waals surface area contributed by atoms with Crippen molar-refractivity contribution in [2.45, 2.75) is 11.3 Å². The maximum Gasteiger partial charge on any atom is 0.240 e. The standard InChI is InChI=1S/C14H12ClFNO3S/c15-11-2-4-12(5-3-11)21(19,20)17-8-7-10-1-6-14(18)13(16)9-10/h1-6,9,17H,7-8H2. The molecule has 111 valence electrons. The zero-order chi connectivity index (χ0) is 15.5. The molecule has 1 N–H and O–H groups in total. The van der Waals surface area contributed by atoms with Gasteiger partial charge in [-0.1, -0.05) is 17.7 Å². The van der Waals surface area contributed by atoms with Crippen LogP contribution in [0, 0.1) is 5.82 Å². The highest BCUT2D eigenvalue weighted by molar-refractivity contribution is 7.89. The summed E-state index contributed by atoms with van der Waals surface area (Å²) in [5.41, 5.74) is 0.547. The Hall–Kier alpha value is -1.63. The molecule has 21 heavy (non-hydrogen) atoms. The largest absolute Gasteiger partial charge is 0.287 e. The maximum absolute atomic E-state index is 13.1. The summed E-state index contributed by atoms with van der Waals surface area (Å²) >= 11 is 5.70. The van der Waals surface area contributed by atoms with Gasteiger partial charge < -0.3 is 0 Å². The van der Waals surface area contributed by atoms with Crippen LogP contribution in [0.5, 0.6) is 5.75 Å². The van der Waals surface area contributed by atoms with E-state index in [9.17, 15) is 17.9 Å². The highest BCUT2D eigenvalue weighted by atomic mass is 35.5. The van der Waals surface area contributed by atoms with Crippen molar-refractivity contribution in [3.63, 3.8) is 0 Å². The van der Waals surface area contributed by atoms with Gasteiger partial charge in [0.05, 0.1) is 4.90 Å². The third-order valence-electron chi connectivity index (χ3n) is 2.83. The van der Waals surface area contributed by atoms with Gasteiger partial charge in [0.2, 0.25) is 15.8 Å². The van der Waals surface area contributed by atoms with E-state index in [2.05, 4.69) is 4.72 Å². The Balaban J connectivity index is 1.98. The zero-order valence-corrected chi connectivity index (χ0v) is 12.4. The minimum Gasteiger partial charge on any atom is -0.287 e. The van der Waals surface area contributed by atoms with Crippen molar-refractivity contribution in [2.75, 3.05) is 6.54 Å². The lowest BCUT2D eigenvalue weighted by Crippen LogP contribution is -2.25. The van der Waals surface area contributed by atoms with Crippen molar-refractivity contribution in [3.05, 3.63) is 58.9 Å². The number of rotatable bonds is 5. The number of nitrogens with one attached hydrogen (secondary N) is 1. The van der Waals surface area contributed by atoms with Gasteiger partial charge in [-0.15, -0.1) is 0 Å². The van der Waals surface area contributed by atoms with Gasteiger partial charge in [-0.05, 0) is 48.4 Å². The Morgan fingerprint density at radius 1 is 1.10 bits per heavy atom. The number of halogens is 2. The first kappa shape index (κ1) is 15.8. The zero-order valence-electron chi connectivity index (χ0n) is 10.8. The van der Waals surface area contributed by atoms with Crippen molar-refractivity contribution in [1.82, 2.24) is 4.72 Å². The van der Waals surface area contributed by atoms with Crippen LogP contribution in [-0.2, 0) is 21.6 Å². The fourth-order valence-corrected chi connectivity index (χ4v) is 2.88. The molecule has 0 aliphatic rings. The predicted molar refractivity (Wildman–Crippen MR) is 76.9 cm³/mol. The minimum atomic E-state index is -3.63. The Morgan fingerprint density at radius 3 is 2.38 bits per heavy atom. The van der Waals surface area contributed by atoms with Gasteiger partial charge in [0.1, 0.15) is 0 Å². The van der Waals surface area contributed by atoms with Crippen molar-refractivity contribution in [2.24, 2.45) is 0 Å². The molecule has 0 spiro atoms. The van der Waals surface area contributed by atoms with Crippen molar-refractivity contribution < 1.29 is 17.9 Å². The summed E-state index contributed by atoms with van der Waals surface area (Å²) in [5, 5.41) is 11.4. The molecule has 4 nitrogen and oxygen atoms in total. The maximum atomic E-state index is 13.1. The average molecular weight is 329 g/mol. The quantitative estimate of drug-likeness (QED) is 0.916. The second-order valence-corrected chi connectivity index (χ2v) is 6.57. The van der Waals surface area contributed by atoms with Crippen LogP contribution in [0.4, 0.5) is 4.39 Å². The average Bonchev–Trinajstić information content (AvgIpc) is 2.43. The van der Waals surface area contributed by atoms with E-state index in [0.717, 1.165) is 12.1 Å². The van der Waals surface area contributed by atoms with Crippen LogP contribution < -0.4 is 4.72 Å². The van der Waals surface area contributed by atoms with Gasteiger partial charge in [-0.25, -0.2) is 17.5 Å². The summed E-state index contributed by atoms with van der Waals surface area (Å²) in [7, 11) is -3.63. The highest BCUT2D eigenvalue weighted by Gasteiger charge is 2.13. The molecule has 2 rings (SSSR count). The first-order valence-electron chi connectivity index (χ1n) is 6.09. The van der Waals surface area contributed by atoms with Gasteiger partial charge in [-0.2, -0.15) is 0 Å². The molecule has 2 aromatic carbocycles. The molecule has 0 aliphatic heterocycles. The molecule has 0 amide bonds. The smallest absolute Gasteiger partial charge is 0.240 e. The summed E-state index contributed by atoms with van der Waals surface area (Å²) in [6.45, 7) is 0.0998. The van der Waals surface area contributed by atoms with Crippen LogP contribution >= 0.6 is 11.6 Å². The number of sulfonamides is 1. The Labute approximate surface area is 127 Å². The summed E-state index contributed by atoms with van der Waals surface area (Å²) in [5.74, 6) is -1.52. The number of hydrogen-bond donors (Lipinski definition) is 1. The van der Waals surface area contributed by atoms with E-state index in [1.807, 2.05) is 0 Å². The van der Waals surface area contributed by atoms with Crippen molar-refractivity contribution in [1.29, 1.82) is 0 Å². The van der Waals surface area contributed by atoms with Crippen LogP contribution in [0.2, 0.25) is 5.02 Å². The topological polar surface area (TPSA) is 66.1 Å². The molecule has 0 unspecified atom stereocenters. The van der Waals surface area contributed by atoms with Crippen molar-refractivity contribution >= 4 is 21.6 Å². The molecule has 0 heterocycles. The third kappa shape index (κ3) is 4.17. The molecule has 0 fully saturated rings. The minimum absolute atomic E-state index is 0.0998. The van der Waals surface area contributed by atoms with E-state index in [1.54, 1.807) is 0 Å². The van der Waals surface area contributed by atoms with E-state index >= 15 is 0 Å². The molecular weight excluding hydrogens is 317 g/mol. The number of hydrogen-bond acceptors (Lipinski definition) is 2. The fraction of sp³-hybridized carbons (Fsp3) is 0.143. The fourth-order valence-electron chi connectivity index (χ4n) is 1.73. The summed E-state index contributed by atoms with van der Waals surface area (Å²) in [6.07, 6.45) is 0.282. The third-order valence-corrected chi connectivity index (χ3v) is 4.55. The van der Waals surface area contributed by atoms with E-state index in [-0.39, 0.29) is 17.9 Å². The van der Waals surface area contributed by atoms with Crippen LogP contribution in [-0.4, -0.2) is 15.0 Å². The van der Waals surface area contributed by atoms with Gasteiger partial charge >= 0.3 is 0 Å². The second-order valence-electron chi connectivity index (χ2n) is 4.37. The van der Waals surface area contributed by atoms with Gasteiger partial charge in [0, 0.05) is 11.6 Å². The van der Waals surface area contributed by atoms with Crippen LogP contribution in [0.15, 0.2) is 47.4 Å². The molecule has 0 saturated carbocycles. The molecule has 0 atom stereocenters. The van der Waals surface area contributed by atoms with Crippen molar-refractivity contribution in [3.8, 4) is 5.75 Å². The van der Waals surface area contributed by atoms with Gasteiger partial charge in [0.15, 0.2) is 5.82 Å². The Bertz CT molecular complexity index is 732. The van der Waals surface area contributed by atoms with E-state index < -0.39 is 21.6 Å². The second kappa shape index (κ2) is 6.43. The lowest BCUT2D eigenvalue weighted by Gasteiger charge is -2.07. The molecule has 1 radical (unpaired) electrons. The summed E-state index contributed by atoms with van der Waals surface area (Å²) in [4.78, 5) is 0.105. The van der Waals surface area contributed by atoms with Crippen LogP contribution in [0.3, 0.4) is 0 Å². The lowest BCUT2D eigenvalue weighted by atomic mass is 10.1. The molecule has 2 aromatic rings. The van der Waals surface area contributed by atoms with Crippen LogP contribution in [0.1, 0.15) is 5.56 Å². The van der Waals surface area contributed by atoms with Gasteiger partial charge in [-0.3, -0.25) is 5.11 Å². The highest BCUT2D eigenvalue weighted by Crippen LogP contribution is 2.17. The van der Waals surface area contributed by atoms with E-state index in [1.165, 1.54) is 30.3 Å². The molecular formula is C14H12ClFNO3S. The summed E-state index contributed by atoms with van der Waals surface area (Å²) in [6, 6.07) is 9.48. The first-order chi connectivity index (χ1) is 9.88. The van der Waals surface area contributed by atoms with Gasteiger partial charge in [0.25, 0.3) is 0 Å². The predicted octanol–water partition coefficient (Wildman–Crippen LogP) is 3.14. The molecule has 7 heteroatoms. The first-order valence-corrected chi connectivity index (χ1v) is 7.95. The van der Waals surface area contributed by atoms with E-state index in [0.29, 0.717) is 10.6 Å². The molecule has 0 aliphatic carbocycles. The molecule has 0 bridgehead atoms. The lowest BCUT2D eigenvalue weighted by molar-refractivity contribution is 0.329. The summed E-state index contributed by atoms with van der Waals surface area (Å²) < 4.78 is 39.4. The number of benzene rings is 2. The Morgan fingerprint density at radius 2 is 1.76 bits per heavy atom. The monoisotopic (exact) mass is 328 g/mol. The normalized spacial score (nSPS) is 11.5.